The average molecular weight is 240 g/mol. The summed E-state index contributed by atoms with van der Waals surface area (Å²) < 4.78 is 0. The van der Waals surface area contributed by atoms with Crippen LogP contribution in [0.3, 0.4) is 0 Å². The number of thioether (sulfide) groups is 1. The van der Waals surface area contributed by atoms with E-state index in [9.17, 15) is 4.79 Å². The molecule has 0 aliphatic carbocycles. The van der Waals surface area contributed by atoms with E-state index in [-0.39, 0.29) is 5.92 Å². The molecular weight excluding hydrogens is 224 g/mol. The van der Waals surface area contributed by atoms with Gasteiger partial charge in [0.25, 0.3) is 0 Å². The molecule has 0 aromatic carbocycles. The van der Waals surface area contributed by atoms with E-state index < -0.39 is 11.2 Å². The molecule has 0 saturated heterocycles. The molecule has 0 amide bonds. The van der Waals surface area contributed by atoms with Gasteiger partial charge in [0, 0.05) is 5.69 Å². The number of aryl methyl sites for hydroxylation is 1. The minimum atomic E-state index is -0.795. The fourth-order valence-electron chi connectivity index (χ4n) is 1.24. The number of hydrogen-bond donors (Lipinski definition) is 1. The number of nitrogens with zero attached hydrogens (tertiary/aromatic N) is 2. The summed E-state index contributed by atoms with van der Waals surface area (Å²) in [5, 5.41) is 9.34. The van der Waals surface area contributed by atoms with Crippen LogP contribution in [0.15, 0.2) is 17.4 Å². The van der Waals surface area contributed by atoms with Crippen molar-refractivity contribution < 1.29 is 9.90 Å². The van der Waals surface area contributed by atoms with E-state index in [0.717, 1.165) is 17.1 Å². The lowest BCUT2D eigenvalue weighted by atomic mass is 10.1. The quantitative estimate of drug-likeness (QED) is 0.631. The fourth-order valence-corrected chi connectivity index (χ4v) is 2.18. The van der Waals surface area contributed by atoms with Gasteiger partial charge in [-0.15, -0.1) is 0 Å². The Balaban J connectivity index is 2.81. The molecule has 0 aliphatic rings. The van der Waals surface area contributed by atoms with E-state index in [1.807, 2.05) is 26.8 Å². The summed E-state index contributed by atoms with van der Waals surface area (Å²) in [6, 6.07) is 1.85. The zero-order valence-electron chi connectivity index (χ0n) is 9.67. The second-order valence-corrected chi connectivity index (χ2v) is 4.98. The molecule has 1 heterocycles. The third-order valence-corrected chi connectivity index (χ3v) is 3.62. The van der Waals surface area contributed by atoms with Gasteiger partial charge < -0.3 is 5.11 Å². The second kappa shape index (κ2) is 5.84. The molecule has 0 saturated carbocycles. The van der Waals surface area contributed by atoms with Crippen LogP contribution in [0, 0.1) is 5.92 Å². The van der Waals surface area contributed by atoms with Gasteiger partial charge in [0.05, 0.1) is 0 Å². The molecule has 0 aliphatic heterocycles. The molecule has 1 N–H and O–H groups in total. The van der Waals surface area contributed by atoms with Gasteiger partial charge >= 0.3 is 5.97 Å². The second-order valence-electron chi connectivity index (χ2n) is 3.82. The Morgan fingerprint density at radius 1 is 1.50 bits per heavy atom. The zero-order chi connectivity index (χ0) is 12.1. The summed E-state index contributed by atoms with van der Waals surface area (Å²) in [6.07, 6.45) is 2.32. The maximum atomic E-state index is 11.0. The van der Waals surface area contributed by atoms with Crippen LogP contribution in [-0.4, -0.2) is 26.3 Å². The van der Waals surface area contributed by atoms with Crippen molar-refractivity contribution >= 4 is 17.7 Å². The highest BCUT2D eigenvalue weighted by atomic mass is 32.2. The predicted octanol–water partition coefficient (Wildman–Crippen LogP) is 2.24. The van der Waals surface area contributed by atoms with Crippen molar-refractivity contribution in [2.45, 2.75) is 37.5 Å². The molecule has 1 unspecified atom stereocenters. The number of hydrogen-bond acceptors (Lipinski definition) is 4. The Morgan fingerprint density at radius 3 is 2.69 bits per heavy atom. The van der Waals surface area contributed by atoms with Gasteiger partial charge in [-0.25, -0.2) is 9.97 Å². The number of carboxylic acid groups (broad SMARTS) is 1. The Kier molecular flexibility index (Phi) is 4.73. The molecule has 1 atom stereocenters. The van der Waals surface area contributed by atoms with E-state index in [4.69, 9.17) is 5.11 Å². The normalized spacial score (nSPS) is 12.8. The molecule has 0 radical (unpaired) electrons. The van der Waals surface area contributed by atoms with Gasteiger partial charge in [0.2, 0.25) is 0 Å². The van der Waals surface area contributed by atoms with Crippen LogP contribution in [0.25, 0.3) is 0 Å². The highest BCUT2D eigenvalue weighted by Gasteiger charge is 2.23. The van der Waals surface area contributed by atoms with Crippen LogP contribution in [0.4, 0.5) is 0 Å². The summed E-state index contributed by atoms with van der Waals surface area (Å²) >= 11 is 1.28. The molecule has 4 nitrogen and oxygen atoms in total. The molecule has 0 fully saturated rings. The Hall–Kier alpha value is -1.10. The molecule has 5 heteroatoms. The summed E-state index contributed by atoms with van der Waals surface area (Å²) in [4.78, 5) is 19.2. The van der Waals surface area contributed by atoms with Gasteiger partial charge in [-0.05, 0) is 18.4 Å². The molecule has 1 rings (SSSR count). The standard InChI is InChI=1S/C11H16N2O2S/c1-4-8-5-9(13-6-12-8)16-10(7(2)3)11(14)15/h5-7,10H,4H2,1-3H3,(H,14,15). The number of carboxylic acids is 1. The molecule has 1 aromatic heterocycles. The van der Waals surface area contributed by atoms with E-state index in [1.165, 1.54) is 18.1 Å². The van der Waals surface area contributed by atoms with Crippen molar-refractivity contribution in [3.63, 3.8) is 0 Å². The Labute approximate surface area is 99.5 Å². The predicted molar refractivity (Wildman–Crippen MR) is 63.5 cm³/mol. The van der Waals surface area contributed by atoms with Crippen LogP contribution in [0.2, 0.25) is 0 Å². The monoisotopic (exact) mass is 240 g/mol. The number of rotatable bonds is 5. The highest BCUT2D eigenvalue weighted by molar-refractivity contribution is 8.00. The molecular formula is C11H16N2O2S. The van der Waals surface area contributed by atoms with Crippen LogP contribution < -0.4 is 0 Å². The Bertz CT molecular complexity index is 369. The minimum Gasteiger partial charge on any atom is -0.480 e. The first-order valence-corrected chi connectivity index (χ1v) is 6.13. The van der Waals surface area contributed by atoms with Crippen LogP contribution in [0.1, 0.15) is 26.5 Å². The van der Waals surface area contributed by atoms with Crippen LogP contribution >= 0.6 is 11.8 Å². The minimum absolute atomic E-state index is 0.0718. The van der Waals surface area contributed by atoms with Gasteiger partial charge in [0.1, 0.15) is 16.6 Å². The van der Waals surface area contributed by atoms with Crippen molar-refractivity contribution in [1.29, 1.82) is 0 Å². The zero-order valence-corrected chi connectivity index (χ0v) is 10.5. The lowest BCUT2D eigenvalue weighted by Crippen LogP contribution is -2.22. The summed E-state index contributed by atoms with van der Waals surface area (Å²) in [6.45, 7) is 5.80. The third-order valence-electron chi connectivity index (χ3n) is 2.16. The van der Waals surface area contributed by atoms with Crippen molar-refractivity contribution in [2.75, 3.05) is 0 Å². The SMILES string of the molecule is CCc1cc(SC(C(=O)O)C(C)C)ncn1. The first-order chi connectivity index (χ1) is 7.54. The molecule has 88 valence electrons. The van der Waals surface area contributed by atoms with Gasteiger partial charge in [-0.3, -0.25) is 4.79 Å². The van der Waals surface area contributed by atoms with Crippen molar-refractivity contribution in [1.82, 2.24) is 9.97 Å². The van der Waals surface area contributed by atoms with Crippen molar-refractivity contribution in [3.05, 3.63) is 18.1 Å². The number of carbonyl (C=O) groups is 1. The maximum Gasteiger partial charge on any atom is 0.317 e. The number of aromatic nitrogens is 2. The van der Waals surface area contributed by atoms with E-state index in [2.05, 4.69) is 9.97 Å². The van der Waals surface area contributed by atoms with Crippen molar-refractivity contribution in [3.8, 4) is 0 Å². The van der Waals surface area contributed by atoms with Crippen LogP contribution in [-0.2, 0) is 11.2 Å². The van der Waals surface area contributed by atoms with E-state index in [1.54, 1.807) is 0 Å². The molecule has 16 heavy (non-hydrogen) atoms. The first-order valence-electron chi connectivity index (χ1n) is 5.25. The first kappa shape index (κ1) is 13.0. The largest absolute Gasteiger partial charge is 0.480 e. The topological polar surface area (TPSA) is 63.1 Å². The maximum absolute atomic E-state index is 11.0. The molecule has 1 aromatic rings. The van der Waals surface area contributed by atoms with E-state index >= 15 is 0 Å². The molecule has 0 bridgehead atoms. The molecule has 0 spiro atoms. The summed E-state index contributed by atoms with van der Waals surface area (Å²) in [7, 11) is 0. The Morgan fingerprint density at radius 2 is 2.19 bits per heavy atom. The summed E-state index contributed by atoms with van der Waals surface area (Å²) in [5.41, 5.74) is 0.936. The highest BCUT2D eigenvalue weighted by Crippen LogP contribution is 2.26. The average Bonchev–Trinajstić information content (AvgIpc) is 2.25. The van der Waals surface area contributed by atoms with Gasteiger partial charge in [-0.1, -0.05) is 32.5 Å². The lowest BCUT2D eigenvalue weighted by Gasteiger charge is -2.14. The van der Waals surface area contributed by atoms with Crippen LogP contribution in [0.5, 0.6) is 0 Å². The lowest BCUT2D eigenvalue weighted by molar-refractivity contribution is -0.137. The van der Waals surface area contributed by atoms with Gasteiger partial charge in [-0.2, -0.15) is 0 Å². The third kappa shape index (κ3) is 3.48. The van der Waals surface area contributed by atoms with Crippen molar-refractivity contribution in [2.24, 2.45) is 5.92 Å². The fraction of sp³-hybridized carbons (Fsp3) is 0.545. The summed E-state index contributed by atoms with van der Waals surface area (Å²) in [5.74, 6) is -0.723. The van der Waals surface area contributed by atoms with E-state index in [0.29, 0.717) is 0 Å². The van der Waals surface area contributed by atoms with Gasteiger partial charge in [0.15, 0.2) is 0 Å². The smallest absolute Gasteiger partial charge is 0.317 e. The number of aliphatic carboxylic acids is 1.